The van der Waals surface area contributed by atoms with Gasteiger partial charge in [0.1, 0.15) is 5.02 Å². The predicted molar refractivity (Wildman–Crippen MR) is 105 cm³/mol. The summed E-state index contributed by atoms with van der Waals surface area (Å²) < 4.78 is 0. The van der Waals surface area contributed by atoms with E-state index in [1.807, 2.05) is 18.2 Å². The Labute approximate surface area is 162 Å². The van der Waals surface area contributed by atoms with Crippen LogP contribution in [0.1, 0.15) is 15.9 Å². The standard InChI is InChI=1S/C20H20ClN3O3/c21-18-9-8-17(15-19(18)24(26)27)20(25)23-13-11-22(12-14-23)10-4-7-16-5-2-1-3-6-16/h1-9,15H,10-14H2/p+1/b7-4+. The Bertz CT molecular complexity index is 847. The molecule has 0 radical (unpaired) electrons. The topological polar surface area (TPSA) is 67.9 Å². The molecule has 0 aliphatic carbocycles. The Morgan fingerprint density at radius 1 is 1.19 bits per heavy atom. The SMILES string of the molecule is O=C(c1ccc(Cl)c([N+](=O)[O-])c1)N1CC[NH+](C/C=C/c2ccccc2)CC1. The average molecular weight is 387 g/mol. The number of amides is 1. The van der Waals surface area contributed by atoms with Gasteiger partial charge in [-0.05, 0) is 23.8 Å². The summed E-state index contributed by atoms with van der Waals surface area (Å²) in [4.78, 5) is 26.2. The normalized spacial score (nSPS) is 15.2. The Hall–Kier alpha value is -2.70. The number of carbonyl (C=O) groups excluding carboxylic acids is 1. The van der Waals surface area contributed by atoms with Gasteiger partial charge < -0.3 is 9.80 Å². The van der Waals surface area contributed by atoms with E-state index in [9.17, 15) is 14.9 Å². The van der Waals surface area contributed by atoms with Crippen LogP contribution in [0.3, 0.4) is 0 Å². The van der Waals surface area contributed by atoms with Crippen LogP contribution in [0, 0.1) is 10.1 Å². The molecule has 2 aromatic rings. The van der Waals surface area contributed by atoms with E-state index in [1.165, 1.54) is 22.6 Å². The largest absolute Gasteiger partial charge is 0.329 e. The molecule has 0 unspecified atom stereocenters. The first-order chi connectivity index (χ1) is 13.0. The molecule has 0 aromatic heterocycles. The first-order valence-electron chi connectivity index (χ1n) is 8.83. The molecule has 140 valence electrons. The van der Waals surface area contributed by atoms with Crippen molar-refractivity contribution in [2.45, 2.75) is 0 Å². The molecule has 1 aliphatic heterocycles. The van der Waals surface area contributed by atoms with Crippen molar-refractivity contribution in [2.75, 3.05) is 32.7 Å². The van der Waals surface area contributed by atoms with Crippen LogP contribution in [0.2, 0.25) is 5.02 Å². The maximum Gasteiger partial charge on any atom is 0.288 e. The van der Waals surface area contributed by atoms with Crippen molar-refractivity contribution in [1.82, 2.24) is 4.90 Å². The number of piperazine rings is 1. The number of rotatable bonds is 5. The summed E-state index contributed by atoms with van der Waals surface area (Å²) >= 11 is 5.82. The lowest BCUT2D eigenvalue weighted by Crippen LogP contribution is -3.14. The molecule has 1 heterocycles. The highest BCUT2D eigenvalue weighted by atomic mass is 35.5. The maximum atomic E-state index is 12.6. The van der Waals surface area contributed by atoms with Crippen LogP contribution in [-0.4, -0.2) is 48.5 Å². The fourth-order valence-corrected chi connectivity index (χ4v) is 3.31. The van der Waals surface area contributed by atoms with Crippen LogP contribution in [0.25, 0.3) is 6.08 Å². The number of nitrogens with zero attached hydrogens (tertiary/aromatic N) is 2. The lowest BCUT2D eigenvalue weighted by atomic mass is 10.1. The van der Waals surface area contributed by atoms with E-state index in [2.05, 4.69) is 24.3 Å². The summed E-state index contributed by atoms with van der Waals surface area (Å²) in [6.45, 7) is 3.86. The van der Waals surface area contributed by atoms with Gasteiger partial charge in [-0.3, -0.25) is 14.9 Å². The Morgan fingerprint density at radius 3 is 2.56 bits per heavy atom. The third-order valence-electron chi connectivity index (χ3n) is 4.66. The lowest BCUT2D eigenvalue weighted by molar-refractivity contribution is -0.898. The third kappa shape index (κ3) is 4.93. The Morgan fingerprint density at radius 2 is 1.89 bits per heavy atom. The summed E-state index contributed by atoms with van der Waals surface area (Å²) in [5.74, 6) is -0.186. The number of nitrogens with one attached hydrogen (secondary N) is 1. The molecule has 1 amide bonds. The zero-order valence-electron chi connectivity index (χ0n) is 14.8. The lowest BCUT2D eigenvalue weighted by Gasteiger charge is -2.31. The quantitative estimate of drug-likeness (QED) is 0.633. The predicted octanol–water partition coefficient (Wildman–Crippen LogP) is 2.30. The number of nitro groups is 1. The van der Waals surface area contributed by atoms with Crippen molar-refractivity contribution in [1.29, 1.82) is 0 Å². The summed E-state index contributed by atoms with van der Waals surface area (Å²) in [7, 11) is 0. The fraction of sp³-hybridized carbons (Fsp3) is 0.250. The van der Waals surface area contributed by atoms with Gasteiger partial charge in [0.2, 0.25) is 0 Å². The van der Waals surface area contributed by atoms with Gasteiger partial charge in [0.25, 0.3) is 11.6 Å². The van der Waals surface area contributed by atoms with E-state index in [1.54, 1.807) is 11.0 Å². The van der Waals surface area contributed by atoms with E-state index in [0.29, 0.717) is 18.7 Å². The van der Waals surface area contributed by atoms with Crippen molar-refractivity contribution in [3.05, 3.63) is 80.9 Å². The van der Waals surface area contributed by atoms with Gasteiger partial charge in [-0.25, -0.2) is 0 Å². The van der Waals surface area contributed by atoms with Crippen molar-refractivity contribution in [3.63, 3.8) is 0 Å². The van der Waals surface area contributed by atoms with Crippen LogP contribution in [0.15, 0.2) is 54.6 Å². The smallest absolute Gasteiger partial charge is 0.288 e. The molecule has 27 heavy (non-hydrogen) atoms. The van der Waals surface area contributed by atoms with Gasteiger partial charge in [-0.2, -0.15) is 0 Å². The van der Waals surface area contributed by atoms with Crippen LogP contribution >= 0.6 is 11.6 Å². The van der Waals surface area contributed by atoms with Crippen molar-refractivity contribution >= 4 is 29.3 Å². The number of quaternary nitrogens is 1. The fourth-order valence-electron chi connectivity index (χ4n) is 3.12. The highest BCUT2D eigenvalue weighted by Crippen LogP contribution is 2.25. The Kier molecular flexibility index (Phi) is 6.21. The van der Waals surface area contributed by atoms with Gasteiger partial charge in [-0.15, -0.1) is 0 Å². The van der Waals surface area contributed by atoms with Crippen LogP contribution < -0.4 is 4.90 Å². The van der Waals surface area contributed by atoms with Crippen LogP contribution in [0.4, 0.5) is 5.69 Å². The van der Waals surface area contributed by atoms with Crippen molar-refractivity contribution < 1.29 is 14.6 Å². The second-order valence-electron chi connectivity index (χ2n) is 6.48. The zero-order chi connectivity index (χ0) is 19.2. The minimum absolute atomic E-state index is 0.0380. The number of benzene rings is 2. The second-order valence-corrected chi connectivity index (χ2v) is 6.89. The molecule has 6 nitrogen and oxygen atoms in total. The summed E-state index contributed by atoms with van der Waals surface area (Å²) in [6, 6.07) is 14.3. The van der Waals surface area contributed by atoms with Gasteiger partial charge in [0.15, 0.2) is 0 Å². The van der Waals surface area contributed by atoms with Crippen LogP contribution in [-0.2, 0) is 0 Å². The monoisotopic (exact) mass is 386 g/mol. The maximum absolute atomic E-state index is 12.6. The molecule has 0 atom stereocenters. The van der Waals surface area contributed by atoms with Gasteiger partial charge >= 0.3 is 0 Å². The minimum Gasteiger partial charge on any atom is -0.329 e. The number of halogens is 1. The summed E-state index contributed by atoms with van der Waals surface area (Å²) in [5, 5.41) is 11.0. The van der Waals surface area contributed by atoms with E-state index in [-0.39, 0.29) is 16.6 Å². The summed E-state index contributed by atoms with van der Waals surface area (Å²) in [6.07, 6.45) is 4.27. The number of carbonyl (C=O) groups is 1. The third-order valence-corrected chi connectivity index (χ3v) is 4.98. The minimum atomic E-state index is -0.569. The van der Waals surface area contributed by atoms with E-state index in [0.717, 1.165) is 19.6 Å². The first-order valence-corrected chi connectivity index (χ1v) is 9.21. The molecule has 3 rings (SSSR count). The summed E-state index contributed by atoms with van der Waals surface area (Å²) in [5.41, 5.74) is 1.24. The number of hydrogen-bond donors (Lipinski definition) is 1. The zero-order valence-corrected chi connectivity index (χ0v) is 15.6. The molecular weight excluding hydrogens is 366 g/mol. The highest BCUT2D eigenvalue weighted by molar-refractivity contribution is 6.32. The molecule has 1 N–H and O–H groups in total. The van der Waals surface area contributed by atoms with E-state index in [4.69, 9.17) is 11.6 Å². The molecule has 0 bridgehead atoms. The second kappa shape index (κ2) is 8.79. The molecule has 0 saturated carbocycles. The number of hydrogen-bond acceptors (Lipinski definition) is 3. The molecule has 1 aliphatic rings. The Balaban J connectivity index is 1.54. The van der Waals surface area contributed by atoms with Crippen molar-refractivity contribution in [3.8, 4) is 0 Å². The molecule has 1 saturated heterocycles. The molecule has 1 fully saturated rings. The van der Waals surface area contributed by atoms with E-state index < -0.39 is 4.92 Å². The highest BCUT2D eigenvalue weighted by Gasteiger charge is 2.25. The van der Waals surface area contributed by atoms with Gasteiger partial charge in [0, 0.05) is 11.6 Å². The van der Waals surface area contributed by atoms with Crippen molar-refractivity contribution in [2.24, 2.45) is 0 Å². The molecular formula is C20H21ClN3O3+. The first kappa shape index (κ1) is 19.1. The van der Waals surface area contributed by atoms with Gasteiger partial charge in [-0.1, -0.05) is 48.0 Å². The molecule has 7 heteroatoms. The van der Waals surface area contributed by atoms with E-state index >= 15 is 0 Å². The average Bonchev–Trinajstić information content (AvgIpc) is 2.69. The van der Waals surface area contributed by atoms with Gasteiger partial charge in [0.05, 0.1) is 37.6 Å². The molecule has 0 spiro atoms. The molecule has 2 aromatic carbocycles. The van der Waals surface area contributed by atoms with Crippen LogP contribution in [0.5, 0.6) is 0 Å². The number of nitro benzene ring substituents is 1.